The number of nitrogens with one attached hydrogen (secondary N) is 2. The van der Waals surface area contributed by atoms with Gasteiger partial charge in [0.25, 0.3) is 0 Å². The van der Waals surface area contributed by atoms with Gasteiger partial charge in [0.05, 0.1) is 29.3 Å². The molecule has 27 heavy (non-hydrogen) atoms. The second kappa shape index (κ2) is 8.19. The predicted molar refractivity (Wildman–Crippen MR) is 95.1 cm³/mol. The molecule has 0 saturated carbocycles. The second-order valence-corrected chi connectivity index (χ2v) is 6.27. The first-order valence-electron chi connectivity index (χ1n) is 8.57. The molecular weight excluding hydrogens is 353 g/mol. The Hall–Kier alpha value is -2.92. The van der Waals surface area contributed by atoms with Crippen molar-refractivity contribution in [3.63, 3.8) is 0 Å². The Morgan fingerprint density at radius 3 is 2.89 bits per heavy atom. The Balaban J connectivity index is 1.66. The molecule has 1 aliphatic heterocycles. The van der Waals surface area contributed by atoms with E-state index in [1.54, 1.807) is 12.1 Å². The molecule has 3 rings (SSSR count). The van der Waals surface area contributed by atoms with Crippen LogP contribution in [-0.4, -0.2) is 57.0 Å². The number of carbonyl (C=O) groups excluding carboxylic acids is 1. The number of hydrogen-bond acceptors (Lipinski definition) is 7. The first kappa shape index (κ1) is 18.9. The van der Waals surface area contributed by atoms with Crippen LogP contribution in [0, 0.1) is 0 Å². The van der Waals surface area contributed by atoms with E-state index in [0.717, 1.165) is 6.42 Å². The van der Waals surface area contributed by atoms with Crippen molar-refractivity contribution in [1.82, 2.24) is 20.7 Å². The fourth-order valence-corrected chi connectivity index (χ4v) is 3.01. The maximum Gasteiger partial charge on any atom is 0.547 e. The normalized spacial score (nSPS) is 15.8. The van der Waals surface area contributed by atoms with E-state index in [2.05, 4.69) is 20.7 Å². The third-order valence-electron chi connectivity index (χ3n) is 4.34. The minimum atomic E-state index is -1.35. The molecule has 1 aromatic carbocycles. The third kappa shape index (κ3) is 4.26. The number of aromatic nitrogens is 3. The maximum absolute atomic E-state index is 12.4. The quantitative estimate of drug-likeness (QED) is 0.389. The molecule has 10 nitrogen and oxygen atoms in total. The first-order valence-corrected chi connectivity index (χ1v) is 8.57. The number of hydrogen-bond donors (Lipinski definition) is 5. The fourth-order valence-electron chi connectivity index (χ4n) is 3.01. The minimum absolute atomic E-state index is 0.00163. The molecule has 0 unspecified atom stereocenters. The number of benzene rings is 1. The standard InChI is InChI=1S/C16H20BN5O5/c18-6-2-5-11-12(21-22-20-11)8-14(23)19-13-7-9-3-1-4-10(16(24)25)15(9)27-17(13)26/h1,3-4,13,26H,2,5-8,18H2,(H,19,23)(H,24,25)(H,20,21,22)/t13-/m0/s1. The number of amides is 1. The Labute approximate surface area is 155 Å². The molecule has 0 spiro atoms. The lowest BCUT2D eigenvalue weighted by molar-refractivity contribution is -0.120. The Morgan fingerprint density at radius 1 is 1.37 bits per heavy atom. The lowest BCUT2D eigenvalue weighted by atomic mass is 9.72. The summed E-state index contributed by atoms with van der Waals surface area (Å²) in [6, 6.07) is 4.71. The van der Waals surface area contributed by atoms with Gasteiger partial charge in [-0.3, -0.25) is 4.79 Å². The highest BCUT2D eigenvalue weighted by Crippen LogP contribution is 2.30. The van der Waals surface area contributed by atoms with Crippen molar-refractivity contribution < 1.29 is 24.4 Å². The minimum Gasteiger partial charge on any atom is -0.534 e. The van der Waals surface area contributed by atoms with Crippen molar-refractivity contribution in [2.45, 2.75) is 31.6 Å². The average Bonchev–Trinajstić information content (AvgIpc) is 3.06. The molecular formula is C16H20BN5O5. The summed E-state index contributed by atoms with van der Waals surface area (Å²) in [5, 5.41) is 32.6. The van der Waals surface area contributed by atoms with Gasteiger partial charge in [-0.2, -0.15) is 15.4 Å². The molecule has 0 fully saturated rings. The van der Waals surface area contributed by atoms with Crippen LogP contribution in [0.15, 0.2) is 18.2 Å². The first-order chi connectivity index (χ1) is 13.0. The Morgan fingerprint density at radius 2 is 2.15 bits per heavy atom. The van der Waals surface area contributed by atoms with Crippen LogP contribution < -0.4 is 15.7 Å². The maximum atomic E-state index is 12.4. The van der Waals surface area contributed by atoms with E-state index in [9.17, 15) is 19.7 Å². The number of nitrogens with zero attached hydrogens (tertiary/aromatic N) is 2. The van der Waals surface area contributed by atoms with E-state index in [-0.39, 0.29) is 30.1 Å². The van der Waals surface area contributed by atoms with Gasteiger partial charge in [-0.1, -0.05) is 12.1 Å². The van der Waals surface area contributed by atoms with Crippen molar-refractivity contribution in [3.05, 3.63) is 40.7 Å². The molecule has 0 bridgehead atoms. The average molecular weight is 373 g/mol. The lowest BCUT2D eigenvalue weighted by Crippen LogP contribution is -2.53. The molecule has 0 aliphatic carbocycles. The van der Waals surface area contributed by atoms with Gasteiger partial charge < -0.3 is 25.8 Å². The molecule has 1 aliphatic rings. The largest absolute Gasteiger partial charge is 0.547 e. The zero-order chi connectivity index (χ0) is 19.4. The number of para-hydroxylation sites is 1. The summed E-state index contributed by atoms with van der Waals surface area (Å²) < 4.78 is 5.36. The number of aromatic amines is 1. The van der Waals surface area contributed by atoms with Crippen LogP contribution in [0.2, 0.25) is 0 Å². The predicted octanol–water partition coefficient (Wildman–Crippen LogP) is -0.924. The molecule has 2 aromatic rings. The highest BCUT2D eigenvalue weighted by atomic mass is 16.5. The highest BCUT2D eigenvalue weighted by molar-refractivity contribution is 6.47. The lowest BCUT2D eigenvalue weighted by Gasteiger charge is -2.28. The monoisotopic (exact) mass is 373 g/mol. The van der Waals surface area contributed by atoms with Gasteiger partial charge in [-0.25, -0.2) is 4.79 Å². The van der Waals surface area contributed by atoms with E-state index < -0.39 is 19.0 Å². The van der Waals surface area contributed by atoms with Crippen molar-refractivity contribution in [3.8, 4) is 5.75 Å². The molecule has 11 heteroatoms. The summed E-state index contributed by atoms with van der Waals surface area (Å²) in [7, 11) is -1.35. The van der Waals surface area contributed by atoms with Crippen molar-refractivity contribution >= 4 is 19.0 Å². The van der Waals surface area contributed by atoms with E-state index in [1.165, 1.54) is 6.07 Å². The number of fused-ring (bicyclic) bond motifs is 1. The van der Waals surface area contributed by atoms with Gasteiger partial charge in [0.15, 0.2) is 0 Å². The number of nitrogens with two attached hydrogens (primary N) is 1. The summed E-state index contributed by atoms with van der Waals surface area (Å²) in [6.07, 6.45) is 1.61. The van der Waals surface area contributed by atoms with Gasteiger partial charge in [-0.15, -0.1) is 0 Å². The van der Waals surface area contributed by atoms with Gasteiger partial charge in [0.2, 0.25) is 5.91 Å². The van der Waals surface area contributed by atoms with Gasteiger partial charge in [0, 0.05) is 0 Å². The topological polar surface area (TPSA) is 163 Å². The molecule has 0 radical (unpaired) electrons. The van der Waals surface area contributed by atoms with Crippen molar-refractivity contribution in [2.24, 2.45) is 5.73 Å². The van der Waals surface area contributed by atoms with E-state index >= 15 is 0 Å². The molecule has 1 atom stereocenters. The third-order valence-corrected chi connectivity index (χ3v) is 4.34. The second-order valence-electron chi connectivity index (χ2n) is 6.27. The summed E-state index contributed by atoms with van der Waals surface area (Å²) in [6.45, 7) is 0.516. The van der Waals surface area contributed by atoms with Crippen LogP contribution in [0.1, 0.15) is 33.7 Å². The fraction of sp³-hybridized carbons (Fsp3) is 0.375. The Bertz CT molecular complexity index is 842. The van der Waals surface area contributed by atoms with E-state index in [4.69, 9.17) is 10.4 Å². The van der Waals surface area contributed by atoms with Gasteiger partial charge >= 0.3 is 13.1 Å². The van der Waals surface area contributed by atoms with E-state index in [1.807, 2.05) is 0 Å². The van der Waals surface area contributed by atoms with Gasteiger partial charge in [0.1, 0.15) is 5.75 Å². The molecule has 1 aromatic heterocycles. The highest BCUT2D eigenvalue weighted by Gasteiger charge is 2.37. The SMILES string of the molecule is NCCCc1n[nH]nc1CC(=O)N[C@H]1Cc2cccc(C(=O)O)c2OB1O. The molecule has 2 heterocycles. The van der Waals surface area contributed by atoms with Crippen LogP contribution in [-0.2, 0) is 24.1 Å². The number of carboxylic acids is 1. The summed E-state index contributed by atoms with van der Waals surface area (Å²) in [4.78, 5) is 23.6. The zero-order valence-electron chi connectivity index (χ0n) is 14.5. The number of aryl methyl sites for hydroxylation is 1. The number of carboxylic acid groups (broad SMARTS) is 1. The molecule has 6 N–H and O–H groups in total. The van der Waals surface area contributed by atoms with Crippen LogP contribution in [0.5, 0.6) is 5.75 Å². The summed E-state index contributed by atoms with van der Waals surface area (Å²) >= 11 is 0. The van der Waals surface area contributed by atoms with E-state index in [0.29, 0.717) is 29.9 Å². The number of rotatable bonds is 7. The number of carbonyl (C=O) groups is 2. The molecule has 1 amide bonds. The van der Waals surface area contributed by atoms with Crippen LogP contribution in [0.25, 0.3) is 0 Å². The summed E-state index contributed by atoms with van der Waals surface area (Å²) in [5.41, 5.74) is 7.29. The number of aromatic carboxylic acids is 1. The number of H-pyrrole nitrogens is 1. The van der Waals surface area contributed by atoms with Crippen LogP contribution in [0.3, 0.4) is 0 Å². The van der Waals surface area contributed by atoms with Crippen molar-refractivity contribution in [2.75, 3.05) is 6.54 Å². The smallest absolute Gasteiger partial charge is 0.534 e. The zero-order valence-corrected chi connectivity index (χ0v) is 14.5. The molecule has 0 saturated heterocycles. The van der Waals surface area contributed by atoms with Crippen molar-refractivity contribution in [1.29, 1.82) is 0 Å². The van der Waals surface area contributed by atoms with Crippen LogP contribution >= 0.6 is 0 Å². The Kier molecular flexibility index (Phi) is 5.72. The molecule has 142 valence electrons. The van der Waals surface area contributed by atoms with Crippen LogP contribution in [0.4, 0.5) is 0 Å². The summed E-state index contributed by atoms with van der Waals surface area (Å²) in [5.74, 6) is -2.06. The van der Waals surface area contributed by atoms with Gasteiger partial charge in [-0.05, 0) is 37.4 Å².